The summed E-state index contributed by atoms with van der Waals surface area (Å²) in [4.78, 5) is 9.95. The lowest BCUT2D eigenvalue weighted by Gasteiger charge is -2.04. The first-order valence-corrected chi connectivity index (χ1v) is 4.04. The van der Waals surface area contributed by atoms with Crippen LogP contribution >= 0.6 is 0 Å². The Kier molecular flexibility index (Phi) is 3.24. The summed E-state index contributed by atoms with van der Waals surface area (Å²) in [6.07, 6.45) is 0. The Hall–Kier alpha value is -1.82. The van der Waals surface area contributed by atoms with Crippen LogP contribution in [0.15, 0.2) is 18.2 Å². The number of nitrogens with zero attached hydrogens (tertiary/aromatic N) is 1. The number of aliphatic hydroxyl groups is 1. The summed E-state index contributed by atoms with van der Waals surface area (Å²) in [7, 11) is 0. The normalized spacial score (nSPS) is 9.79. The van der Waals surface area contributed by atoms with E-state index in [1.165, 1.54) is 12.1 Å². The number of aliphatic hydroxyl groups excluding tert-OH is 1. The highest BCUT2D eigenvalue weighted by atomic mass is 16.6. The quantitative estimate of drug-likeness (QED) is 0.372. The van der Waals surface area contributed by atoms with Gasteiger partial charge in [0.05, 0.1) is 11.5 Å². The van der Waals surface area contributed by atoms with Gasteiger partial charge in [0.1, 0.15) is 5.69 Å². The van der Waals surface area contributed by atoms with Crippen LogP contribution in [0.3, 0.4) is 0 Å². The van der Waals surface area contributed by atoms with Gasteiger partial charge in [-0.2, -0.15) is 0 Å². The molecule has 6 heteroatoms. The minimum atomic E-state index is -0.542. The molecule has 0 atom stereocenters. The second-order valence-corrected chi connectivity index (χ2v) is 2.68. The molecular weight excluding hydrogens is 186 g/mol. The van der Waals surface area contributed by atoms with Gasteiger partial charge in [-0.1, -0.05) is 0 Å². The van der Waals surface area contributed by atoms with Gasteiger partial charge >= 0.3 is 0 Å². The summed E-state index contributed by atoms with van der Waals surface area (Å²) in [6, 6.07) is 4.42. The molecule has 0 bridgehead atoms. The number of nitrogens with one attached hydrogen (secondary N) is 1. The predicted molar refractivity (Wildman–Crippen MR) is 53.1 cm³/mol. The predicted octanol–water partition coefficient (Wildman–Crippen LogP) is 0.581. The average molecular weight is 197 g/mol. The summed E-state index contributed by atoms with van der Waals surface area (Å²) >= 11 is 0. The first-order chi connectivity index (χ1) is 6.65. The van der Waals surface area contributed by atoms with Crippen LogP contribution in [0.5, 0.6) is 0 Å². The number of nitrogens with two attached hydrogens (primary N) is 1. The molecule has 1 rings (SSSR count). The van der Waals surface area contributed by atoms with Gasteiger partial charge in [0, 0.05) is 18.3 Å². The van der Waals surface area contributed by atoms with E-state index in [2.05, 4.69) is 5.32 Å². The van der Waals surface area contributed by atoms with Gasteiger partial charge in [0.2, 0.25) is 0 Å². The highest BCUT2D eigenvalue weighted by Gasteiger charge is 2.11. The third-order valence-corrected chi connectivity index (χ3v) is 1.67. The number of benzene rings is 1. The standard InChI is InChI=1S/C8H11N3O3/c9-7-2-1-6(10-3-4-12)5-8(7)11(13)14/h1-2,5,10,12H,3-4,9H2. The summed E-state index contributed by atoms with van der Waals surface area (Å²) in [6.45, 7) is 0.319. The SMILES string of the molecule is Nc1ccc(NCCO)cc1[N+](=O)[O-]. The molecule has 0 amide bonds. The van der Waals surface area contributed by atoms with Crippen molar-refractivity contribution in [2.45, 2.75) is 0 Å². The van der Waals surface area contributed by atoms with Crippen molar-refractivity contribution < 1.29 is 10.0 Å². The maximum Gasteiger partial charge on any atom is 0.294 e. The fourth-order valence-electron chi connectivity index (χ4n) is 1.01. The van der Waals surface area contributed by atoms with Crippen molar-refractivity contribution in [1.82, 2.24) is 0 Å². The number of nitro benzene ring substituents is 1. The molecule has 0 aliphatic rings. The molecule has 0 aliphatic carbocycles. The van der Waals surface area contributed by atoms with Crippen molar-refractivity contribution in [3.8, 4) is 0 Å². The first-order valence-electron chi connectivity index (χ1n) is 4.04. The molecule has 6 nitrogen and oxygen atoms in total. The van der Waals surface area contributed by atoms with E-state index in [1.54, 1.807) is 6.07 Å². The molecule has 14 heavy (non-hydrogen) atoms. The third kappa shape index (κ3) is 2.33. The molecule has 0 saturated carbocycles. The first kappa shape index (κ1) is 10.3. The van der Waals surface area contributed by atoms with Crippen LogP contribution in [0.25, 0.3) is 0 Å². The van der Waals surface area contributed by atoms with Gasteiger partial charge in [-0.3, -0.25) is 10.1 Å². The molecule has 0 radical (unpaired) electrons. The molecule has 0 aliphatic heterocycles. The van der Waals surface area contributed by atoms with Gasteiger partial charge in [-0.15, -0.1) is 0 Å². The minimum absolute atomic E-state index is 0.0296. The highest BCUT2D eigenvalue weighted by Crippen LogP contribution is 2.24. The Bertz CT molecular complexity index is 341. The van der Waals surface area contributed by atoms with E-state index >= 15 is 0 Å². The zero-order valence-electron chi connectivity index (χ0n) is 7.43. The molecule has 0 aromatic heterocycles. The van der Waals surface area contributed by atoms with Crippen LogP contribution in [-0.2, 0) is 0 Å². The second-order valence-electron chi connectivity index (χ2n) is 2.68. The average Bonchev–Trinajstić information content (AvgIpc) is 2.16. The van der Waals surface area contributed by atoms with Gasteiger partial charge in [0.15, 0.2) is 0 Å². The lowest BCUT2D eigenvalue weighted by atomic mass is 10.2. The maximum atomic E-state index is 10.5. The zero-order chi connectivity index (χ0) is 10.6. The number of hydrogen-bond acceptors (Lipinski definition) is 5. The molecule has 0 unspecified atom stereocenters. The Labute approximate surface area is 80.5 Å². The fraction of sp³-hybridized carbons (Fsp3) is 0.250. The second kappa shape index (κ2) is 4.43. The molecule has 4 N–H and O–H groups in total. The number of rotatable bonds is 4. The third-order valence-electron chi connectivity index (χ3n) is 1.67. The van der Waals surface area contributed by atoms with E-state index in [0.29, 0.717) is 12.2 Å². The van der Waals surface area contributed by atoms with Crippen LogP contribution in [0, 0.1) is 10.1 Å². The van der Waals surface area contributed by atoms with Crippen molar-refractivity contribution in [1.29, 1.82) is 0 Å². The Morgan fingerprint density at radius 1 is 1.57 bits per heavy atom. The molecule has 0 saturated heterocycles. The van der Waals surface area contributed by atoms with Crippen molar-refractivity contribution >= 4 is 17.1 Å². The largest absolute Gasteiger partial charge is 0.395 e. The zero-order valence-corrected chi connectivity index (χ0v) is 7.43. The molecule has 0 heterocycles. The lowest BCUT2D eigenvalue weighted by Crippen LogP contribution is -2.06. The van der Waals surface area contributed by atoms with Gasteiger partial charge in [-0.25, -0.2) is 0 Å². The van der Waals surface area contributed by atoms with E-state index < -0.39 is 4.92 Å². The van der Waals surface area contributed by atoms with E-state index in [-0.39, 0.29) is 18.0 Å². The number of nitro groups is 1. The number of nitrogen functional groups attached to an aromatic ring is 1. The Balaban J connectivity index is 2.89. The van der Waals surface area contributed by atoms with Crippen LogP contribution in [0.4, 0.5) is 17.1 Å². The van der Waals surface area contributed by atoms with Crippen LogP contribution in [-0.4, -0.2) is 23.2 Å². The van der Waals surface area contributed by atoms with Gasteiger partial charge in [0.25, 0.3) is 5.69 Å². The number of hydrogen-bond donors (Lipinski definition) is 3. The van der Waals surface area contributed by atoms with Crippen molar-refractivity contribution in [3.05, 3.63) is 28.3 Å². The van der Waals surface area contributed by atoms with E-state index in [4.69, 9.17) is 10.8 Å². The topological polar surface area (TPSA) is 101 Å². The molecule has 1 aromatic carbocycles. The monoisotopic (exact) mass is 197 g/mol. The van der Waals surface area contributed by atoms with Crippen molar-refractivity contribution in [2.75, 3.05) is 24.2 Å². The summed E-state index contributed by atoms with van der Waals surface area (Å²) in [5.41, 5.74) is 5.97. The highest BCUT2D eigenvalue weighted by molar-refractivity contribution is 5.65. The lowest BCUT2D eigenvalue weighted by molar-refractivity contribution is -0.383. The molecule has 1 aromatic rings. The van der Waals surface area contributed by atoms with E-state index in [1.807, 2.05) is 0 Å². The fourth-order valence-corrected chi connectivity index (χ4v) is 1.01. The minimum Gasteiger partial charge on any atom is -0.395 e. The summed E-state index contributed by atoms with van der Waals surface area (Å²) < 4.78 is 0. The molecule has 76 valence electrons. The van der Waals surface area contributed by atoms with Crippen molar-refractivity contribution in [3.63, 3.8) is 0 Å². The number of anilines is 2. The van der Waals surface area contributed by atoms with Gasteiger partial charge in [-0.05, 0) is 12.1 Å². The van der Waals surface area contributed by atoms with E-state index in [0.717, 1.165) is 0 Å². The maximum absolute atomic E-state index is 10.5. The van der Waals surface area contributed by atoms with Crippen LogP contribution in [0.1, 0.15) is 0 Å². The Morgan fingerprint density at radius 2 is 2.29 bits per heavy atom. The van der Waals surface area contributed by atoms with Crippen LogP contribution < -0.4 is 11.1 Å². The van der Waals surface area contributed by atoms with E-state index in [9.17, 15) is 10.1 Å². The smallest absolute Gasteiger partial charge is 0.294 e. The van der Waals surface area contributed by atoms with Gasteiger partial charge < -0.3 is 16.2 Å². The molecule has 0 spiro atoms. The Morgan fingerprint density at radius 3 is 2.86 bits per heavy atom. The summed E-state index contributed by atoms with van der Waals surface area (Å²) in [5.74, 6) is 0. The summed E-state index contributed by atoms with van der Waals surface area (Å²) in [5, 5.41) is 21.8. The molecule has 0 fully saturated rings. The van der Waals surface area contributed by atoms with Crippen LogP contribution in [0.2, 0.25) is 0 Å². The van der Waals surface area contributed by atoms with Crippen molar-refractivity contribution in [2.24, 2.45) is 0 Å². The molecular formula is C8H11N3O3.